The average Bonchev–Trinajstić information content (AvgIpc) is 2.30. The minimum atomic E-state index is -0.373. The lowest BCUT2D eigenvalue weighted by Gasteiger charge is -2.13. The summed E-state index contributed by atoms with van der Waals surface area (Å²) in [4.78, 5) is 0. The molecule has 0 aromatic heterocycles. The van der Waals surface area contributed by atoms with Crippen LogP contribution in [0, 0.1) is 0 Å². The Hall–Kier alpha value is -0.860. The van der Waals surface area contributed by atoms with Crippen LogP contribution < -0.4 is 0 Å². The van der Waals surface area contributed by atoms with Crippen LogP contribution in [0.4, 0.5) is 0 Å². The second kappa shape index (κ2) is 6.66. The van der Waals surface area contributed by atoms with E-state index in [-0.39, 0.29) is 12.2 Å². The summed E-state index contributed by atoms with van der Waals surface area (Å²) in [5.41, 5.74) is 1.88. The molecule has 0 radical (unpaired) electrons. The first kappa shape index (κ1) is 13.2. The predicted molar refractivity (Wildman–Crippen MR) is 66.2 cm³/mol. The van der Waals surface area contributed by atoms with E-state index in [1.165, 1.54) is 0 Å². The van der Waals surface area contributed by atoms with Gasteiger partial charge in [-0.2, -0.15) is 0 Å². The molecule has 0 saturated carbocycles. The van der Waals surface area contributed by atoms with E-state index < -0.39 is 0 Å². The molecule has 0 saturated heterocycles. The maximum Gasteiger partial charge on any atom is 0.0790 e. The van der Waals surface area contributed by atoms with Gasteiger partial charge in [0.1, 0.15) is 0 Å². The van der Waals surface area contributed by atoms with Crippen LogP contribution in [0.5, 0.6) is 0 Å². The molecule has 2 atom stereocenters. The van der Waals surface area contributed by atoms with Crippen molar-refractivity contribution in [2.24, 2.45) is 0 Å². The van der Waals surface area contributed by atoms with Crippen LogP contribution in [0.1, 0.15) is 62.9 Å². The maximum absolute atomic E-state index is 9.79. The standard InChI is InChI=1S/C14H22O2/c1-3-5-13(15)11-7-9-12(10-8-11)14(16)6-4-2/h7-10,13-16H,3-6H2,1-2H3. The second-order valence-corrected chi connectivity index (χ2v) is 4.28. The molecular weight excluding hydrogens is 200 g/mol. The summed E-state index contributed by atoms with van der Waals surface area (Å²) in [6.07, 6.45) is 2.78. The van der Waals surface area contributed by atoms with Gasteiger partial charge in [-0.3, -0.25) is 0 Å². The molecule has 0 amide bonds. The summed E-state index contributed by atoms with van der Waals surface area (Å²) in [6.45, 7) is 4.12. The number of rotatable bonds is 6. The summed E-state index contributed by atoms with van der Waals surface area (Å²) in [7, 11) is 0. The van der Waals surface area contributed by atoms with Crippen LogP contribution in [-0.4, -0.2) is 10.2 Å². The zero-order chi connectivity index (χ0) is 12.0. The minimum Gasteiger partial charge on any atom is -0.388 e. The zero-order valence-electron chi connectivity index (χ0n) is 10.2. The fourth-order valence-corrected chi connectivity index (χ4v) is 1.82. The lowest BCUT2D eigenvalue weighted by molar-refractivity contribution is 0.162. The van der Waals surface area contributed by atoms with Gasteiger partial charge in [0, 0.05) is 0 Å². The molecule has 16 heavy (non-hydrogen) atoms. The van der Waals surface area contributed by atoms with Crippen LogP contribution in [-0.2, 0) is 0 Å². The normalized spacial score (nSPS) is 14.8. The minimum absolute atomic E-state index is 0.373. The first-order valence-corrected chi connectivity index (χ1v) is 6.15. The molecule has 2 heteroatoms. The molecular formula is C14H22O2. The molecule has 0 aliphatic carbocycles. The number of aliphatic hydroxyl groups is 2. The Balaban J connectivity index is 2.67. The molecule has 0 bridgehead atoms. The van der Waals surface area contributed by atoms with Gasteiger partial charge in [0.2, 0.25) is 0 Å². The fraction of sp³-hybridized carbons (Fsp3) is 0.571. The van der Waals surface area contributed by atoms with E-state index in [0.29, 0.717) is 0 Å². The first-order chi connectivity index (χ1) is 7.69. The van der Waals surface area contributed by atoms with Gasteiger partial charge in [-0.25, -0.2) is 0 Å². The fourth-order valence-electron chi connectivity index (χ4n) is 1.82. The van der Waals surface area contributed by atoms with Crippen LogP contribution in [0.3, 0.4) is 0 Å². The Morgan fingerprint density at radius 1 is 0.812 bits per heavy atom. The topological polar surface area (TPSA) is 40.5 Å². The van der Waals surface area contributed by atoms with Crippen molar-refractivity contribution in [1.82, 2.24) is 0 Å². The van der Waals surface area contributed by atoms with Crippen molar-refractivity contribution in [2.45, 2.75) is 51.7 Å². The van der Waals surface area contributed by atoms with E-state index in [2.05, 4.69) is 13.8 Å². The number of hydrogen-bond donors (Lipinski definition) is 2. The first-order valence-electron chi connectivity index (χ1n) is 6.15. The molecule has 2 nitrogen and oxygen atoms in total. The lowest BCUT2D eigenvalue weighted by Crippen LogP contribution is -1.99. The van der Waals surface area contributed by atoms with Gasteiger partial charge in [-0.15, -0.1) is 0 Å². The van der Waals surface area contributed by atoms with E-state index in [0.717, 1.165) is 36.8 Å². The third kappa shape index (κ3) is 3.62. The molecule has 90 valence electrons. The van der Waals surface area contributed by atoms with Crippen molar-refractivity contribution in [3.63, 3.8) is 0 Å². The van der Waals surface area contributed by atoms with Crippen LogP contribution in [0.2, 0.25) is 0 Å². The Morgan fingerprint density at radius 2 is 1.12 bits per heavy atom. The molecule has 0 fully saturated rings. The van der Waals surface area contributed by atoms with Gasteiger partial charge < -0.3 is 10.2 Å². The largest absolute Gasteiger partial charge is 0.388 e. The quantitative estimate of drug-likeness (QED) is 0.775. The SMILES string of the molecule is CCCC(O)c1ccc(C(O)CCC)cc1. The monoisotopic (exact) mass is 222 g/mol. The molecule has 0 aliphatic rings. The number of benzene rings is 1. The van der Waals surface area contributed by atoms with Crippen molar-refractivity contribution in [3.8, 4) is 0 Å². The highest BCUT2D eigenvalue weighted by Gasteiger charge is 2.09. The summed E-state index contributed by atoms with van der Waals surface area (Å²) in [6, 6.07) is 7.64. The Bertz CT molecular complexity index is 261. The smallest absolute Gasteiger partial charge is 0.0790 e. The van der Waals surface area contributed by atoms with Crippen molar-refractivity contribution < 1.29 is 10.2 Å². The Labute approximate surface area is 97.9 Å². The average molecular weight is 222 g/mol. The van der Waals surface area contributed by atoms with Crippen molar-refractivity contribution in [3.05, 3.63) is 35.4 Å². The number of aliphatic hydroxyl groups excluding tert-OH is 2. The van der Waals surface area contributed by atoms with Crippen LogP contribution >= 0.6 is 0 Å². The molecule has 2 N–H and O–H groups in total. The van der Waals surface area contributed by atoms with Gasteiger partial charge in [-0.05, 0) is 24.0 Å². The summed E-state index contributed by atoms with van der Waals surface area (Å²) in [5.74, 6) is 0. The predicted octanol–water partition coefficient (Wildman–Crippen LogP) is 3.35. The second-order valence-electron chi connectivity index (χ2n) is 4.28. The third-order valence-corrected chi connectivity index (χ3v) is 2.83. The summed E-state index contributed by atoms with van der Waals surface area (Å²) < 4.78 is 0. The van der Waals surface area contributed by atoms with Gasteiger partial charge in [0.05, 0.1) is 12.2 Å². The van der Waals surface area contributed by atoms with Gasteiger partial charge in [0.15, 0.2) is 0 Å². The molecule has 2 unspecified atom stereocenters. The van der Waals surface area contributed by atoms with Crippen molar-refractivity contribution in [2.75, 3.05) is 0 Å². The van der Waals surface area contributed by atoms with E-state index in [9.17, 15) is 10.2 Å². The van der Waals surface area contributed by atoms with E-state index in [1.54, 1.807) is 0 Å². The van der Waals surface area contributed by atoms with Crippen LogP contribution in [0.15, 0.2) is 24.3 Å². The molecule has 0 spiro atoms. The molecule has 1 aromatic carbocycles. The highest BCUT2D eigenvalue weighted by Crippen LogP contribution is 2.22. The van der Waals surface area contributed by atoms with E-state index in [1.807, 2.05) is 24.3 Å². The Kier molecular flexibility index (Phi) is 5.50. The maximum atomic E-state index is 9.79. The molecule has 1 aromatic rings. The summed E-state index contributed by atoms with van der Waals surface area (Å²) in [5, 5.41) is 19.6. The van der Waals surface area contributed by atoms with Crippen LogP contribution in [0.25, 0.3) is 0 Å². The lowest BCUT2D eigenvalue weighted by atomic mass is 10.00. The molecule has 0 heterocycles. The van der Waals surface area contributed by atoms with Gasteiger partial charge in [-0.1, -0.05) is 51.0 Å². The molecule has 1 rings (SSSR count). The van der Waals surface area contributed by atoms with E-state index >= 15 is 0 Å². The zero-order valence-corrected chi connectivity index (χ0v) is 10.2. The van der Waals surface area contributed by atoms with Gasteiger partial charge in [0.25, 0.3) is 0 Å². The highest BCUT2D eigenvalue weighted by atomic mass is 16.3. The van der Waals surface area contributed by atoms with E-state index in [4.69, 9.17) is 0 Å². The van der Waals surface area contributed by atoms with Crippen molar-refractivity contribution >= 4 is 0 Å². The Morgan fingerprint density at radius 3 is 1.38 bits per heavy atom. The highest BCUT2D eigenvalue weighted by molar-refractivity contribution is 5.25. The van der Waals surface area contributed by atoms with Gasteiger partial charge >= 0.3 is 0 Å². The van der Waals surface area contributed by atoms with Crippen molar-refractivity contribution in [1.29, 1.82) is 0 Å². The molecule has 0 aliphatic heterocycles. The number of hydrogen-bond acceptors (Lipinski definition) is 2. The summed E-state index contributed by atoms with van der Waals surface area (Å²) >= 11 is 0. The third-order valence-electron chi connectivity index (χ3n) is 2.83.